The van der Waals surface area contributed by atoms with Crippen molar-refractivity contribution in [2.24, 2.45) is 0 Å². The number of hydrogen-bond acceptors (Lipinski definition) is 1. The van der Waals surface area contributed by atoms with Gasteiger partial charge < -0.3 is 4.74 Å². The standard InChI is InChI=1S/C9H12O.C6H5F/c1-2-10-8-9-6-4-3-5-7-9;7-6-4-2-1-3-5-6/h3-7H,2,8H2,1H3;1-5H. The summed E-state index contributed by atoms with van der Waals surface area (Å²) in [6, 6.07) is 18.1. The Kier molecular flexibility index (Phi) is 6.68. The van der Waals surface area contributed by atoms with Gasteiger partial charge in [-0.15, -0.1) is 0 Å². The maximum Gasteiger partial charge on any atom is 0.123 e. The summed E-state index contributed by atoms with van der Waals surface area (Å²) in [5, 5.41) is 0. The quantitative estimate of drug-likeness (QED) is 0.775. The van der Waals surface area contributed by atoms with E-state index in [-0.39, 0.29) is 5.82 Å². The first-order valence-electron chi connectivity index (χ1n) is 5.65. The molecule has 0 aliphatic carbocycles. The Morgan fingerprint density at radius 1 is 0.882 bits per heavy atom. The summed E-state index contributed by atoms with van der Waals surface area (Å²) >= 11 is 0. The highest BCUT2D eigenvalue weighted by Crippen LogP contribution is 1.99. The summed E-state index contributed by atoms with van der Waals surface area (Å²) in [5.41, 5.74) is 1.24. The summed E-state index contributed by atoms with van der Waals surface area (Å²) in [6.07, 6.45) is 0. The van der Waals surface area contributed by atoms with Crippen LogP contribution in [0.5, 0.6) is 0 Å². The number of halogens is 1. The molecule has 0 radical (unpaired) electrons. The van der Waals surface area contributed by atoms with Crippen LogP contribution in [0.1, 0.15) is 12.5 Å². The smallest absolute Gasteiger partial charge is 0.123 e. The van der Waals surface area contributed by atoms with Gasteiger partial charge in [0.15, 0.2) is 0 Å². The molecule has 0 aliphatic heterocycles. The Bertz CT molecular complexity index is 386. The van der Waals surface area contributed by atoms with Crippen molar-refractivity contribution in [3.05, 3.63) is 72.0 Å². The molecule has 0 unspecified atom stereocenters. The minimum Gasteiger partial charge on any atom is -0.377 e. The molecule has 0 atom stereocenters. The lowest BCUT2D eigenvalue weighted by Crippen LogP contribution is -1.90. The molecule has 90 valence electrons. The van der Waals surface area contributed by atoms with E-state index < -0.39 is 0 Å². The van der Waals surface area contributed by atoms with Crippen LogP contribution < -0.4 is 0 Å². The van der Waals surface area contributed by atoms with Gasteiger partial charge in [-0.05, 0) is 24.6 Å². The van der Waals surface area contributed by atoms with Crippen LogP contribution in [0.15, 0.2) is 60.7 Å². The molecule has 0 saturated carbocycles. The van der Waals surface area contributed by atoms with Crippen LogP contribution in [0.4, 0.5) is 4.39 Å². The van der Waals surface area contributed by atoms with E-state index in [4.69, 9.17) is 4.74 Å². The lowest BCUT2D eigenvalue weighted by Gasteiger charge is -1.98. The highest BCUT2D eigenvalue weighted by Gasteiger charge is 1.86. The van der Waals surface area contributed by atoms with Gasteiger partial charge in [0, 0.05) is 6.61 Å². The lowest BCUT2D eigenvalue weighted by atomic mass is 10.2. The van der Waals surface area contributed by atoms with Gasteiger partial charge in [0.05, 0.1) is 6.61 Å². The first-order valence-corrected chi connectivity index (χ1v) is 5.65. The number of hydrogen-bond donors (Lipinski definition) is 0. The molecule has 0 saturated heterocycles. The van der Waals surface area contributed by atoms with Crippen molar-refractivity contribution < 1.29 is 9.13 Å². The monoisotopic (exact) mass is 232 g/mol. The second-order valence-corrected chi connectivity index (χ2v) is 3.42. The Balaban J connectivity index is 0.000000181. The summed E-state index contributed by atoms with van der Waals surface area (Å²) < 4.78 is 17.1. The van der Waals surface area contributed by atoms with Crippen LogP contribution in [0, 0.1) is 5.82 Å². The maximum atomic E-state index is 11.9. The molecule has 0 heterocycles. The van der Waals surface area contributed by atoms with Crippen LogP contribution >= 0.6 is 0 Å². The van der Waals surface area contributed by atoms with Gasteiger partial charge in [0.1, 0.15) is 5.82 Å². The summed E-state index contributed by atoms with van der Waals surface area (Å²) in [6.45, 7) is 3.52. The predicted octanol–water partition coefficient (Wildman–Crippen LogP) is 4.05. The molecule has 2 heteroatoms. The zero-order valence-corrected chi connectivity index (χ0v) is 9.97. The number of rotatable bonds is 3. The fourth-order valence-electron chi connectivity index (χ4n) is 1.21. The first kappa shape index (κ1) is 13.4. The minimum absolute atomic E-state index is 0.178. The molecule has 17 heavy (non-hydrogen) atoms. The molecule has 2 aromatic carbocycles. The molecule has 0 bridgehead atoms. The number of ether oxygens (including phenoxy) is 1. The second-order valence-electron chi connectivity index (χ2n) is 3.42. The molecule has 2 aromatic rings. The fraction of sp³-hybridized carbons (Fsp3) is 0.200. The van der Waals surface area contributed by atoms with Gasteiger partial charge in [-0.1, -0.05) is 48.5 Å². The Morgan fingerprint density at radius 2 is 1.41 bits per heavy atom. The van der Waals surface area contributed by atoms with Gasteiger partial charge in [0.25, 0.3) is 0 Å². The van der Waals surface area contributed by atoms with E-state index in [0.717, 1.165) is 13.2 Å². The van der Waals surface area contributed by atoms with Crippen LogP contribution in [0.2, 0.25) is 0 Å². The molecule has 0 fully saturated rings. The fourth-order valence-corrected chi connectivity index (χ4v) is 1.21. The van der Waals surface area contributed by atoms with Gasteiger partial charge >= 0.3 is 0 Å². The topological polar surface area (TPSA) is 9.23 Å². The van der Waals surface area contributed by atoms with Crippen LogP contribution in [0.3, 0.4) is 0 Å². The summed E-state index contributed by atoms with van der Waals surface area (Å²) in [7, 11) is 0. The third kappa shape index (κ3) is 6.48. The molecule has 0 aliphatic rings. The molecule has 0 N–H and O–H groups in total. The van der Waals surface area contributed by atoms with E-state index in [9.17, 15) is 4.39 Å². The largest absolute Gasteiger partial charge is 0.377 e. The number of benzene rings is 2. The van der Waals surface area contributed by atoms with Gasteiger partial charge in [-0.3, -0.25) is 0 Å². The van der Waals surface area contributed by atoms with Crippen molar-refractivity contribution in [3.63, 3.8) is 0 Å². The third-order valence-corrected chi connectivity index (χ3v) is 2.05. The molecule has 0 spiro atoms. The summed E-state index contributed by atoms with van der Waals surface area (Å²) in [5.74, 6) is -0.178. The third-order valence-electron chi connectivity index (χ3n) is 2.05. The van der Waals surface area contributed by atoms with Gasteiger partial charge in [-0.2, -0.15) is 0 Å². The maximum absolute atomic E-state index is 11.9. The lowest BCUT2D eigenvalue weighted by molar-refractivity contribution is 0.134. The van der Waals surface area contributed by atoms with Crippen LogP contribution in [-0.2, 0) is 11.3 Å². The van der Waals surface area contributed by atoms with E-state index in [1.165, 1.54) is 17.7 Å². The average molecular weight is 232 g/mol. The summed E-state index contributed by atoms with van der Waals surface area (Å²) in [4.78, 5) is 0. The highest BCUT2D eigenvalue weighted by molar-refractivity contribution is 5.13. The molecule has 0 aromatic heterocycles. The van der Waals surface area contributed by atoms with Crippen molar-refractivity contribution in [1.82, 2.24) is 0 Å². The zero-order chi connectivity index (χ0) is 12.3. The van der Waals surface area contributed by atoms with Crippen molar-refractivity contribution >= 4 is 0 Å². The normalized spacial score (nSPS) is 9.29. The van der Waals surface area contributed by atoms with E-state index in [1.54, 1.807) is 18.2 Å². The first-order chi connectivity index (χ1) is 8.33. The predicted molar refractivity (Wildman–Crippen MR) is 68.2 cm³/mol. The van der Waals surface area contributed by atoms with Crippen molar-refractivity contribution in [1.29, 1.82) is 0 Å². The molecular weight excluding hydrogens is 215 g/mol. The minimum atomic E-state index is -0.178. The van der Waals surface area contributed by atoms with E-state index in [1.807, 2.05) is 25.1 Å². The Hall–Kier alpha value is -1.67. The average Bonchev–Trinajstić information content (AvgIpc) is 2.39. The van der Waals surface area contributed by atoms with E-state index >= 15 is 0 Å². The van der Waals surface area contributed by atoms with Crippen molar-refractivity contribution in [3.8, 4) is 0 Å². The molecular formula is C15H17FO. The molecule has 2 rings (SSSR count). The van der Waals surface area contributed by atoms with Crippen molar-refractivity contribution in [2.75, 3.05) is 6.61 Å². The van der Waals surface area contributed by atoms with Gasteiger partial charge in [0.2, 0.25) is 0 Å². The van der Waals surface area contributed by atoms with E-state index in [2.05, 4.69) is 12.1 Å². The molecule has 1 nitrogen and oxygen atoms in total. The SMILES string of the molecule is CCOCc1ccccc1.Fc1ccccc1. The Morgan fingerprint density at radius 3 is 1.82 bits per heavy atom. The highest BCUT2D eigenvalue weighted by atomic mass is 19.1. The second kappa shape index (κ2) is 8.48. The van der Waals surface area contributed by atoms with Gasteiger partial charge in [-0.25, -0.2) is 4.39 Å². The van der Waals surface area contributed by atoms with Crippen LogP contribution in [0.25, 0.3) is 0 Å². The Labute approximate surface area is 102 Å². The van der Waals surface area contributed by atoms with Crippen molar-refractivity contribution in [2.45, 2.75) is 13.5 Å². The zero-order valence-electron chi connectivity index (χ0n) is 9.97. The van der Waals surface area contributed by atoms with E-state index in [0.29, 0.717) is 0 Å². The molecule has 0 amide bonds. The van der Waals surface area contributed by atoms with Crippen LogP contribution in [-0.4, -0.2) is 6.61 Å².